The molecular formula is C24H33N3O2. The van der Waals surface area contributed by atoms with Crippen molar-refractivity contribution in [1.82, 2.24) is 10.6 Å². The van der Waals surface area contributed by atoms with Crippen molar-refractivity contribution in [2.45, 2.75) is 82.8 Å². The van der Waals surface area contributed by atoms with Gasteiger partial charge in [-0.1, -0.05) is 44.7 Å². The zero-order valence-electron chi connectivity index (χ0n) is 17.4. The highest BCUT2D eigenvalue weighted by Gasteiger charge is 2.60. The molecule has 3 unspecified atom stereocenters. The number of carbonyl (C=O) groups is 2. The third kappa shape index (κ3) is 3.23. The molecule has 4 aliphatic carbocycles. The van der Waals surface area contributed by atoms with Gasteiger partial charge in [0.25, 0.3) is 5.91 Å². The summed E-state index contributed by atoms with van der Waals surface area (Å²) in [6.07, 6.45) is 11.1. The molecule has 2 bridgehead atoms. The van der Waals surface area contributed by atoms with E-state index in [1.54, 1.807) is 0 Å². The number of para-hydroxylation sites is 1. The molecule has 0 aromatic heterocycles. The van der Waals surface area contributed by atoms with Gasteiger partial charge in [-0.2, -0.15) is 0 Å². The Balaban J connectivity index is 1.35. The van der Waals surface area contributed by atoms with Crippen LogP contribution >= 0.6 is 0 Å². The molecule has 1 heterocycles. The largest absolute Gasteiger partial charge is 0.362 e. The molecule has 0 radical (unpaired) electrons. The fourth-order valence-electron chi connectivity index (χ4n) is 6.58. The minimum atomic E-state index is -0.419. The molecule has 3 N–H and O–H groups in total. The third-order valence-corrected chi connectivity index (χ3v) is 8.19. The first-order valence-corrected chi connectivity index (χ1v) is 11.5. The summed E-state index contributed by atoms with van der Waals surface area (Å²) in [4.78, 5) is 26.1. The lowest BCUT2D eigenvalue weighted by Crippen LogP contribution is -2.70. The molecule has 1 aromatic carbocycles. The van der Waals surface area contributed by atoms with Crippen molar-refractivity contribution in [3.63, 3.8) is 0 Å². The van der Waals surface area contributed by atoms with Crippen molar-refractivity contribution in [2.24, 2.45) is 17.3 Å². The molecule has 4 fully saturated rings. The van der Waals surface area contributed by atoms with E-state index in [1.807, 2.05) is 24.3 Å². The predicted octanol–water partition coefficient (Wildman–Crippen LogP) is 4.20. The van der Waals surface area contributed by atoms with Gasteiger partial charge in [-0.05, 0) is 56.1 Å². The number of anilines is 1. The van der Waals surface area contributed by atoms with Crippen LogP contribution in [0.2, 0.25) is 0 Å². The zero-order chi connectivity index (χ0) is 20.1. The zero-order valence-corrected chi connectivity index (χ0v) is 17.4. The molecule has 0 saturated heterocycles. The Morgan fingerprint density at radius 3 is 2.59 bits per heavy atom. The Bertz CT molecular complexity index is 816. The maximum Gasteiger partial charge on any atom is 0.255 e. The lowest BCUT2D eigenvalue weighted by Gasteiger charge is -2.60. The molecule has 2 amide bonds. The summed E-state index contributed by atoms with van der Waals surface area (Å²) in [5.74, 6) is 0.592. The van der Waals surface area contributed by atoms with Crippen LogP contribution in [-0.2, 0) is 4.79 Å². The van der Waals surface area contributed by atoms with Crippen LogP contribution in [0.4, 0.5) is 5.69 Å². The highest BCUT2D eigenvalue weighted by molar-refractivity contribution is 6.02. The number of fused-ring (bicyclic) bond motifs is 3. The van der Waals surface area contributed by atoms with E-state index in [-0.39, 0.29) is 29.1 Å². The fraction of sp³-hybridized carbons (Fsp3) is 0.667. The lowest BCUT2D eigenvalue weighted by molar-refractivity contribution is -0.140. The van der Waals surface area contributed by atoms with Gasteiger partial charge >= 0.3 is 0 Å². The van der Waals surface area contributed by atoms with Crippen molar-refractivity contribution in [1.29, 1.82) is 0 Å². The maximum absolute atomic E-state index is 13.3. The Hall–Kier alpha value is -2.04. The Morgan fingerprint density at radius 2 is 1.83 bits per heavy atom. The first-order valence-electron chi connectivity index (χ1n) is 11.5. The number of carbonyl (C=O) groups excluding carboxylic acids is 2. The topological polar surface area (TPSA) is 70.2 Å². The number of benzene rings is 1. The third-order valence-electron chi connectivity index (χ3n) is 8.19. The first-order chi connectivity index (χ1) is 14.0. The average Bonchev–Trinajstić information content (AvgIpc) is 2.96. The van der Waals surface area contributed by atoms with E-state index in [9.17, 15) is 9.59 Å². The number of amides is 2. The van der Waals surface area contributed by atoms with Crippen molar-refractivity contribution in [3.8, 4) is 0 Å². The van der Waals surface area contributed by atoms with Crippen molar-refractivity contribution < 1.29 is 9.59 Å². The van der Waals surface area contributed by atoms with Gasteiger partial charge in [-0.3, -0.25) is 9.59 Å². The van der Waals surface area contributed by atoms with Gasteiger partial charge in [0, 0.05) is 23.6 Å². The van der Waals surface area contributed by atoms with Gasteiger partial charge in [0.2, 0.25) is 5.91 Å². The normalized spacial score (nSPS) is 36.7. The van der Waals surface area contributed by atoms with Crippen molar-refractivity contribution in [3.05, 3.63) is 29.8 Å². The summed E-state index contributed by atoms with van der Waals surface area (Å²) in [7, 11) is 0. The summed E-state index contributed by atoms with van der Waals surface area (Å²) in [6.45, 7) is 2.26. The van der Waals surface area contributed by atoms with Crippen LogP contribution in [0.5, 0.6) is 0 Å². The number of hydrogen-bond acceptors (Lipinski definition) is 3. The van der Waals surface area contributed by atoms with Gasteiger partial charge < -0.3 is 16.0 Å². The monoisotopic (exact) mass is 395 g/mol. The van der Waals surface area contributed by atoms with Gasteiger partial charge in [0.1, 0.15) is 5.66 Å². The molecule has 5 heteroatoms. The molecular weight excluding hydrogens is 362 g/mol. The van der Waals surface area contributed by atoms with Crippen LogP contribution < -0.4 is 16.0 Å². The van der Waals surface area contributed by atoms with Crippen LogP contribution in [0.3, 0.4) is 0 Å². The molecule has 4 saturated carbocycles. The number of rotatable bonds is 2. The summed E-state index contributed by atoms with van der Waals surface area (Å²) in [5, 5.41) is 10.4. The van der Waals surface area contributed by atoms with E-state index in [1.165, 1.54) is 25.7 Å². The molecule has 6 rings (SSSR count). The fourth-order valence-corrected chi connectivity index (χ4v) is 6.58. The molecule has 5 aliphatic rings. The summed E-state index contributed by atoms with van der Waals surface area (Å²) in [5.41, 5.74) is 1.13. The van der Waals surface area contributed by atoms with Crippen molar-refractivity contribution in [2.75, 3.05) is 5.32 Å². The number of hydrogen-bond donors (Lipinski definition) is 3. The standard InChI is InChI=1S/C24H33N3O2/c1-23-13-12-16(14-19(23)22(29)25-17-8-4-2-3-5-9-17)24(15-23)26-20-11-7-6-10-18(20)21(28)27-24/h6-7,10-11,16-17,19,26H,2-5,8-9,12-15H2,1H3,(H,25,29)(H,27,28)/t16?,19?,23?,24-/m0/s1. The second-order valence-corrected chi connectivity index (χ2v) is 10.1. The highest BCUT2D eigenvalue weighted by atomic mass is 16.2. The SMILES string of the molecule is CC12CCC(CC1C(=O)NC1CCCCCC1)[C@]1(C2)NC(=O)c2ccccc2N1. The molecule has 5 nitrogen and oxygen atoms in total. The lowest BCUT2D eigenvalue weighted by atomic mass is 9.51. The summed E-state index contributed by atoms with van der Waals surface area (Å²) in [6, 6.07) is 8.10. The molecule has 1 aliphatic heterocycles. The Kier molecular flexibility index (Phi) is 4.60. The maximum atomic E-state index is 13.3. The molecule has 29 heavy (non-hydrogen) atoms. The minimum Gasteiger partial charge on any atom is -0.362 e. The van der Waals surface area contributed by atoms with E-state index in [0.29, 0.717) is 11.6 Å². The van der Waals surface area contributed by atoms with E-state index < -0.39 is 5.66 Å². The molecule has 4 atom stereocenters. The van der Waals surface area contributed by atoms with E-state index >= 15 is 0 Å². The first kappa shape index (κ1) is 19.0. The van der Waals surface area contributed by atoms with Crippen LogP contribution in [0.1, 0.15) is 81.5 Å². The van der Waals surface area contributed by atoms with E-state index in [0.717, 1.165) is 44.2 Å². The molecule has 156 valence electrons. The second-order valence-electron chi connectivity index (χ2n) is 10.1. The van der Waals surface area contributed by atoms with Crippen LogP contribution in [0.25, 0.3) is 0 Å². The van der Waals surface area contributed by atoms with Gasteiger partial charge in [-0.25, -0.2) is 0 Å². The minimum absolute atomic E-state index is 0.00922. The van der Waals surface area contributed by atoms with Crippen LogP contribution in [0.15, 0.2) is 24.3 Å². The second kappa shape index (κ2) is 7.03. The van der Waals surface area contributed by atoms with Crippen LogP contribution in [-0.4, -0.2) is 23.5 Å². The molecule has 1 spiro atoms. The summed E-state index contributed by atoms with van der Waals surface area (Å²) < 4.78 is 0. The average molecular weight is 396 g/mol. The molecule has 1 aromatic rings. The quantitative estimate of drug-likeness (QED) is 0.657. The van der Waals surface area contributed by atoms with Crippen LogP contribution in [0, 0.1) is 17.3 Å². The van der Waals surface area contributed by atoms with E-state index in [2.05, 4.69) is 22.9 Å². The smallest absolute Gasteiger partial charge is 0.255 e. The number of nitrogens with one attached hydrogen (secondary N) is 3. The van der Waals surface area contributed by atoms with Gasteiger partial charge in [0.05, 0.1) is 5.56 Å². The Labute approximate surface area is 173 Å². The predicted molar refractivity (Wildman–Crippen MR) is 113 cm³/mol. The van der Waals surface area contributed by atoms with Crippen molar-refractivity contribution >= 4 is 17.5 Å². The highest BCUT2D eigenvalue weighted by Crippen LogP contribution is 2.58. The van der Waals surface area contributed by atoms with Gasteiger partial charge in [-0.15, -0.1) is 0 Å². The Morgan fingerprint density at radius 1 is 1.07 bits per heavy atom. The van der Waals surface area contributed by atoms with Gasteiger partial charge in [0.15, 0.2) is 0 Å². The van der Waals surface area contributed by atoms with E-state index in [4.69, 9.17) is 0 Å². The summed E-state index contributed by atoms with van der Waals surface area (Å²) >= 11 is 0.